The summed E-state index contributed by atoms with van der Waals surface area (Å²) in [5.41, 5.74) is 0.0733. The molecule has 0 saturated carbocycles. The Kier molecular flexibility index (Phi) is 6.45. The lowest BCUT2D eigenvalue weighted by Crippen LogP contribution is -2.42. The molecule has 1 rings (SSSR count). The minimum Gasteiger partial charge on any atom is -0.481 e. The number of carboxylic acids is 1. The molecular formula is C15H20INO3. The van der Waals surface area contributed by atoms with E-state index in [2.05, 4.69) is 27.9 Å². The van der Waals surface area contributed by atoms with Crippen LogP contribution >= 0.6 is 22.6 Å². The van der Waals surface area contributed by atoms with Gasteiger partial charge in [-0.05, 0) is 53.1 Å². The van der Waals surface area contributed by atoms with E-state index in [0.717, 1.165) is 9.13 Å². The molecule has 0 fully saturated rings. The average molecular weight is 389 g/mol. The van der Waals surface area contributed by atoms with Crippen molar-refractivity contribution in [2.45, 2.75) is 33.1 Å². The van der Waals surface area contributed by atoms with Crippen molar-refractivity contribution in [2.75, 3.05) is 6.54 Å². The van der Waals surface area contributed by atoms with Gasteiger partial charge < -0.3 is 10.4 Å². The van der Waals surface area contributed by atoms with Crippen molar-refractivity contribution in [1.82, 2.24) is 5.32 Å². The Labute approximate surface area is 133 Å². The maximum Gasteiger partial charge on any atom is 0.311 e. The topological polar surface area (TPSA) is 66.4 Å². The standard InChI is InChI=1S/C15H20INO3/c1-3-15(4-2,14(19)20)10-17-13(18)9-11-6-5-7-12(16)8-11/h5-8H,3-4,9-10H2,1-2H3,(H,17,18)(H,19,20). The molecule has 4 nitrogen and oxygen atoms in total. The quantitative estimate of drug-likeness (QED) is 0.705. The third-order valence-electron chi connectivity index (χ3n) is 3.68. The minimum atomic E-state index is -0.860. The number of carbonyl (C=O) groups is 2. The summed E-state index contributed by atoms with van der Waals surface area (Å²) in [5, 5.41) is 12.1. The van der Waals surface area contributed by atoms with Crippen LogP contribution in [0.2, 0.25) is 0 Å². The van der Waals surface area contributed by atoms with Crippen molar-refractivity contribution in [1.29, 1.82) is 0 Å². The first-order chi connectivity index (χ1) is 9.43. The summed E-state index contributed by atoms with van der Waals surface area (Å²) in [6, 6.07) is 7.71. The first-order valence-corrected chi connectivity index (χ1v) is 7.76. The third-order valence-corrected chi connectivity index (χ3v) is 4.36. The molecule has 0 radical (unpaired) electrons. The maximum absolute atomic E-state index is 11.9. The van der Waals surface area contributed by atoms with Crippen LogP contribution in [-0.2, 0) is 16.0 Å². The van der Waals surface area contributed by atoms with Gasteiger partial charge in [-0.3, -0.25) is 9.59 Å². The van der Waals surface area contributed by atoms with Gasteiger partial charge in [0, 0.05) is 10.1 Å². The van der Waals surface area contributed by atoms with Gasteiger partial charge in [0.1, 0.15) is 0 Å². The number of hydrogen-bond acceptors (Lipinski definition) is 2. The van der Waals surface area contributed by atoms with Gasteiger partial charge >= 0.3 is 5.97 Å². The number of halogens is 1. The number of carbonyl (C=O) groups excluding carboxylic acids is 1. The number of amides is 1. The van der Waals surface area contributed by atoms with Gasteiger partial charge in [0.2, 0.25) is 5.91 Å². The van der Waals surface area contributed by atoms with Gasteiger partial charge in [0.15, 0.2) is 0 Å². The van der Waals surface area contributed by atoms with E-state index in [1.165, 1.54) is 0 Å². The highest BCUT2D eigenvalue weighted by Gasteiger charge is 2.34. The molecule has 0 saturated heterocycles. The van der Waals surface area contributed by atoms with Gasteiger partial charge in [0.05, 0.1) is 11.8 Å². The molecule has 110 valence electrons. The predicted molar refractivity (Wildman–Crippen MR) is 86.5 cm³/mol. The maximum atomic E-state index is 11.9. The zero-order valence-corrected chi connectivity index (χ0v) is 13.9. The Morgan fingerprint density at radius 1 is 1.30 bits per heavy atom. The van der Waals surface area contributed by atoms with Crippen LogP contribution in [0.4, 0.5) is 0 Å². The van der Waals surface area contributed by atoms with Crippen LogP contribution in [0.1, 0.15) is 32.3 Å². The summed E-state index contributed by atoms with van der Waals surface area (Å²) in [6.45, 7) is 3.85. The molecule has 0 aromatic heterocycles. The summed E-state index contributed by atoms with van der Waals surface area (Å²) >= 11 is 2.20. The molecule has 0 bridgehead atoms. The fraction of sp³-hybridized carbons (Fsp3) is 0.467. The first kappa shape index (κ1) is 16.9. The lowest BCUT2D eigenvalue weighted by atomic mass is 9.82. The van der Waals surface area contributed by atoms with Crippen molar-refractivity contribution in [3.05, 3.63) is 33.4 Å². The fourth-order valence-electron chi connectivity index (χ4n) is 2.04. The van der Waals surface area contributed by atoms with Crippen LogP contribution in [0.15, 0.2) is 24.3 Å². The lowest BCUT2D eigenvalue weighted by molar-refractivity contribution is -0.149. The van der Waals surface area contributed by atoms with Crippen molar-refractivity contribution in [3.8, 4) is 0 Å². The van der Waals surface area contributed by atoms with Crippen LogP contribution in [0.3, 0.4) is 0 Å². The largest absolute Gasteiger partial charge is 0.481 e. The van der Waals surface area contributed by atoms with E-state index in [-0.39, 0.29) is 18.9 Å². The number of hydrogen-bond donors (Lipinski definition) is 2. The normalized spacial score (nSPS) is 11.2. The fourth-order valence-corrected chi connectivity index (χ4v) is 2.65. The Hall–Kier alpha value is -1.11. The zero-order valence-electron chi connectivity index (χ0n) is 11.8. The van der Waals surface area contributed by atoms with Crippen LogP contribution in [0.25, 0.3) is 0 Å². The number of rotatable bonds is 7. The van der Waals surface area contributed by atoms with Crippen molar-refractivity contribution in [2.24, 2.45) is 5.41 Å². The third kappa shape index (κ3) is 4.47. The van der Waals surface area contributed by atoms with Crippen LogP contribution in [0, 0.1) is 8.99 Å². The molecule has 0 heterocycles. The Bertz CT molecular complexity index is 484. The van der Waals surface area contributed by atoms with E-state index in [4.69, 9.17) is 0 Å². The Morgan fingerprint density at radius 2 is 1.95 bits per heavy atom. The molecule has 1 amide bonds. The molecule has 1 aromatic rings. The average Bonchev–Trinajstić information content (AvgIpc) is 2.40. The van der Waals surface area contributed by atoms with Gasteiger partial charge in [0.25, 0.3) is 0 Å². The molecule has 1 aromatic carbocycles. The van der Waals surface area contributed by atoms with E-state index >= 15 is 0 Å². The highest BCUT2D eigenvalue weighted by molar-refractivity contribution is 14.1. The molecule has 0 atom stereocenters. The van der Waals surface area contributed by atoms with E-state index in [1.54, 1.807) is 0 Å². The van der Waals surface area contributed by atoms with Crippen LogP contribution < -0.4 is 5.32 Å². The molecule has 0 unspecified atom stereocenters. The Balaban J connectivity index is 2.61. The molecule has 0 aliphatic rings. The predicted octanol–water partition coefficient (Wildman–Crippen LogP) is 2.84. The molecule has 20 heavy (non-hydrogen) atoms. The molecule has 0 aliphatic carbocycles. The van der Waals surface area contributed by atoms with Crippen LogP contribution in [0.5, 0.6) is 0 Å². The summed E-state index contributed by atoms with van der Waals surface area (Å²) in [7, 11) is 0. The number of carboxylic acid groups (broad SMARTS) is 1. The SMILES string of the molecule is CCC(CC)(CNC(=O)Cc1cccc(I)c1)C(=O)O. The van der Waals surface area contributed by atoms with E-state index < -0.39 is 11.4 Å². The zero-order chi connectivity index (χ0) is 15.2. The summed E-state index contributed by atoms with van der Waals surface area (Å²) in [5.74, 6) is -0.989. The lowest BCUT2D eigenvalue weighted by Gasteiger charge is -2.26. The van der Waals surface area contributed by atoms with Gasteiger partial charge in [-0.2, -0.15) is 0 Å². The van der Waals surface area contributed by atoms with E-state index in [0.29, 0.717) is 12.8 Å². The van der Waals surface area contributed by atoms with Crippen molar-refractivity contribution in [3.63, 3.8) is 0 Å². The van der Waals surface area contributed by atoms with Gasteiger partial charge in [-0.25, -0.2) is 0 Å². The highest BCUT2D eigenvalue weighted by Crippen LogP contribution is 2.25. The van der Waals surface area contributed by atoms with E-state index in [9.17, 15) is 14.7 Å². The Morgan fingerprint density at radius 3 is 2.45 bits per heavy atom. The monoisotopic (exact) mass is 389 g/mol. The van der Waals surface area contributed by atoms with Crippen molar-refractivity contribution >= 4 is 34.5 Å². The number of nitrogens with one attached hydrogen (secondary N) is 1. The number of benzene rings is 1. The van der Waals surface area contributed by atoms with Crippen molar-refractivity contribution < 1.29 is 14.7 Å². The van der Waals surface area contributed by atoms with Gasteiger partial charge in [-0.15, -0.1) is 0 Å². The molecular weight excluding hydrogens is 369 g/mol. The summed E-state index contributed by atoms with van der Waals surface area (Å²) in [4.78, 5) is 23.3. The molecule has 2 N–H and O–H groups in total. The second-order valence-corrected chi connectivity index (χ2v) is 6.12. The number of aliphatic carboxylic acids is 1. The van der Waals surface area contributed by atoms with Crippen LogP contribution in [-0.4, -0.2) is 23.5 Å². The van der Waals surface area contributed by atoms with E-state index in [1.807, 2.05) is 38.1 Å². The molecule has 5 heteroatoms. The molecule has 0 spiro atoms. The summed E-state index contributed by atoms with van der Waals surface area (Å²) < 4.78 is 1.08. The second-order valence-electron chi connectivity index (χ2n) is 4.88. The minimum absolute atomic E-state index is 0.139. The van der Waals surface area contributed by atoms with Gasteiger partial charge in [-0.1, -0.05) is 26.0 Å². The first-order valence-electron chi connectivity index (χ1n) is 6.68. The highest BCUT2D eigenvalue weighted by atomic mass is 127. The summed E-state index contributed by atoms with van der Waals surface area (Å²) in [6.07, 6.45) is 1.28. The molecule has 0 aliphatic heterocycles. The smallest absolute Gasteiger partial charge is 0.311 e. The second kappa shape index (κ2) is 7.61.